The van der Waals surface area contributed by atoms with Crippen molar-refractivity contribution in [1.82, 2.24) is 10.6 Å². The number of methoxy groups -OCH3 is 2. The predicted molar refractivity (Wildman–Crippen MR) is 80.2 cm³/mol. The van der Waals surface area contributed by atoms with E-state index in [0.29, 0.717) is 17.1 Å². The molecule has 1 atom stereocenters. The zero-order valence-corrected chi connectivity index (χ0v) is 12.6. The molecule has 0 aromatic heterocycles. The number of hydrogen-bond acceptors (Lipinski definition) is 4. The SMILES string of the molecule is COc1cc(OC)cc(C(=O)N[C@H]2CCCNC2)c1.Cl. The van der Waals surface area contributed by atoms with E-state index in [0.717, 1.165) is 25.9 Å². The van der Waals surface area contributed by atoms with E-state index in [1.54, 1.807) is 32.4 Å². The van der Waals surface area contributed by atoms with Gasteiger partial charge in [-0.25, -0.2) is 0 Å². The molecule has 1 aliphatic heterocycles. The second kappa shape index (κ2) is 7.97. The molecule has 0 bridgehead atoms. The van der Waals surface area contributed by atoms with Crippen molar-refractivity contribution in [2.24, 2.45) is 0 Å². The topological polar surface area (TPSA) is 59.6 Å². The minimum absolute atomic E-state index is 0. The number of amides is 1. The summed E-state index contributed by atoms with van der Waals surface area (Å²) in [6.07, 6.45) is 2.10. The summed E-state index contributed by atoms with van der Waals surface area (Å²) < 4.78 is 10.3. The normalized spacial score (nSPS) is 17.8. The molecule has 20 heavy (non-hydrogen) atoms. The van der Waals surface area contributed by atoms with Gasteiger partial charge in [-0.3, -0.25) is 4.79 Å². The Balaban J connectivity index is 0.00000200. The molecule has 6 heteroatoms. The van der Waals surface area contributed by atoms with Crippen molar-refractivity contribution in [1.29, 1.82) is 0 Å². The average Bonchev–Trinajstić information content (AvgIpc) is 2.47. The first-order chi connectivity index (χ1) is 9.22. The maximum Gasteiger partial charge on any atom is 0.251 e. The first kappa shape index (κ1) is 16.6. The number of carbonyl (C=O) groups excluding carboxylic acids is 1. The Hall–Kier alpha value is -1.46. The zero-order chi connectivity index (χ0) is 13.7. The Morgan fingerprint density at radius 1 is 1.25 bits per heavy atom. The van der Waals surface area contributed by atoms with E-state index in [1.807, 2.05) is 0 Å². The third-order valence-corrected chi connectivity index (χ3v) is 3.25. The maximum atomic E-state index is 12.2. The van der Waals surface area contributed by atoms with Crippen LogP contribution in [0.2, 0.25) is 0 Å². The highest BCUT2D eigenvalue weighted by atomic mass is 35.5. The number of ether oxygens (including phenoxy) is 2. The summed E-state index contributed by atoms with van der Waals surface area (Å²) in [4.78, 5) is 12.2. The molecule has 1 saturated heterocycles. The summed E-state index contributed by atoms with van der Waals surface area (Å²) in [5.41, 5.74) is 0.557. The van der Waals surface area contributed by atoms with Crippen LogP contribution in [0.4, 0.5) is 0 Å². The van der Waals surface area contributed by atoms with Crippen LogP contribution in [-0.2, 0) is 0 Å². The number of carbonyl (C=O) groups is 1. The minimum atomic E-state index is -0.0918. The van der Waals surface area contributed by atoms with Crippen molar-refractivity contribution in [3.8, 4) is 11.5 Å². The highest BCUT2D eigenvalue weighted by Gasteiger charge is 2.17. The molecule has 2 rings (SSSR count). The number of rotatable bonds is 4. The van der Waals surface area contributed by atoms with Gasteiger partial charge in [-0.15, -0.1) is 12.4 Å². The number of benzene rings is 1. The summed E-state index contributed by atoms with van der Waals surface area (Å²) >= 11 is 0. The highest BCUT2D eigenvalue weighted by Crippen LogP contribution is 2.22. The summed E-state index contributed by atoms with van der Waals surface area (Å²) in [6.45, 7) is 1.85. The van der Waals surface area contributed by atoms with Crippen molar-refractivity contribution >= 4 is 18.3 Å². The number of hydrogen-bond donors (Lipinski definition) is 2. The lowest BCUT2D eigenvalue weighted by Gasteiger charge is -2.23. The minimum Gasteiger partial charge on any atom is -0.497 e. The van der Waals surface area contributed by atoms with Crippen LogP contribution in [-0.4, -0.2) is 39.3 Å². The molecule has 1 fully saturated rings. The molecule has 1 aromatic rings. The van der Waals surface area contributed by atoms with Gasteiger partial charge in [0.25, 0.3) is 5.91 Å². The Bertz CT molecular complexity index is 426. The third-order valence-electron chi connectivity index (χ3n) is 3.25. The van der Waals surface area contributed by atoms with Gasteiger partial charge < -0.3 is 20.1 Å². The molecule has 1 aliphatic rings. The monoisotopic (exact) mass is 300 g/mol. The number of nitrogens with one attached hydrogen (secondary N) is 2. The molecular formula is C14H21ClN2O3. The van der Waals surface area contributed by atoms with Gasteiger partial charge >= 0.3 is 0 Å². The van der Waals surface area contributed by atoms with E-state index in [4.69, 9.17) is 9.47 Å². The lowest BCUT2D eigenvalue weighted by Crippen LogP contribution is -2.45. The van der Waals surface area contributed by atoms with E-state index in [1.165, 1.54) is 0 Å². The van der Waals surface area contributed by atoms with Gasteiger partial charge in [0.05, 0.1) is 14.2 Å². The molecule has 1 amide bonds. The lowest BCUT2D eigenvalue weighted by atomic mass is 10.1. The average molecular weight is 301 g/mol. The van der Waals surface area contributed by atoms with E-state index >= 15 is 0 Å². The summed E-state index contributed by atoms with van der Waals surface area (Å²) in [6, 6.07) is 5.37. The van der Waals surface area contributed by atoms with Crippen LogP contribution in [0.3, 0.4) is 0 Å². The van der Waals surface area contributed by atoms with Gasteiger partial charge in [0, 0.05) is 24.2 Å². The fourth-order valence-electron chi connectivity index (χ4n) is 2.18. The first-order valence-corrected chi connectivity index (χ1v) is 6.47. The van der Waals surface area contributed by atoms with E-state index in [2.05, 4.69) is 10.6 Å². The Morgan fingerprint density at radius 3 is 2.40 bits per heavy atom. The largest absolute Gasteiger partial charge is 0.497 e. The van der Waals surface area contributed by atoms with Crippen molar-refractivity contribution < 1.29 is 14.3 Å². The van der Waals surface area contributed by atoms with Crippen molar-refractivity contribution in [2.75, 3.05) is 27.3 Å². The summed E-state index contributed by atoms with van der Waals surface area (Å²) in [5, 5.41) is 6.30. The predicted octanol–water partition coefficient (Wildman–Crippen LogP) is 1.61. The summed E-state index contributed by atoms with van der Waals surface area (Å²) in [5.74, 6) is 1.14. The van der Waals surface area contributed by atoms with Gasteiger partial charge in [0.2, 0.25) is 0 Å². The number of halogens is 1. The molecular weight excluding hydrogens is 280 g/mol. The molecule has 0 saturated carbocycles. The Kier molecular flexibility index (Phi) is 6.61. The van der Waals surface area contributed by atoms with E-state index in [-0.39, 0.29) is 24.4 Å². The number of piperidine rings is 1. The molecule has 0 radical (unpaired) electrons. The smallest absolute Gasteiger partial charge is 0.251 e. The van der Waals surface area contributed by atoms with Gasteiger partial charge in [0.15, 0.2) is 0 Å². The van der Waals surface area contributed by atoms with Crippen LogP contribution < -0.4 is 20.1 Å². The Morgan fingerprint density at radius 2 is 1.90 bits per heavy atom. The lowest BCUT2D eigenvalue weighted by molar-refractivity contribution is 0.0930. The molecule has 0 spiro atoms. The van der Waals surface area contributed by atoms with Crippen LogP contribution in [0.1, 0.15) is 23.2 Å². The van der Waals surface area contributed by atoms with Crippen molar-refractivity contribution in [3.05, 3.63) is 23.8 Å². The first-order valence-electron chi connectivity index (χ1n) is 6.47. The van der Waals surface area contributed by atoms with Crippen LogP contribution in [0, 0.1) is 0 Å². The van der Waals surface area contributed by atoms with Crippen LogP contribution in [0.5, 0.6) is 11.5 Å². The van der Waals surface area contributed by atoms with E-state index < -0.39 is 0 Å². The standard InChI is InChI=1S/C14H20N2O3.ClH/c1-18-12-6-10(7-13(8-12)19-2)14(17)16-11-4-3-5-15-9-11;/h6-8,11,15H,3-5,9H2,1-2H3,(H,16,17);1H/t11-;/m0./s1. The van der Waals surface area contributed by atoms with Crippen LogP contribution in [0.25, 0.3) is 0 Å². The van der Waals surface area contributed by atoms with Gasteiger partial charge in [0.1, 0.15) is 11.5 Å². The zero-order valence-electron chi connectivity index (χ0n) is 11.8. The van der Waals surface area contributed by atoms with Crippen molar-refractivity contribution in [2.45, 2.75) is 18.9 Å². The molecule has 2 N–H and O–H groups in total. The second-order valence-electron chi connectivity index (χ2n) is 4.62. The van der Waals surface area contributed by atoms with Crippen LogP contribution in [0.15, 0.2) is 18.2 Å². The van der Waals surface area contributed by atoms with Gasteiger partial charge in [-0.05, 0) is 31.5 Å². The molecule has 5 nitrogen and oxygen atoms in total. The van der Waals surface area contributed by atoms with Crippen molar-refractivity contribution in [3.63, 3.8) is 0 Å². The molecule has 0 aliphatic carbocycles. The summed E-state index contributed by atoms with van der Waals surface area (Å²) in [7, 11) is 3.14. The Labute approximate surface area is 125 Å². The van der Waals surface area contributed by atoms with E-state index in [9.17, 15) is 4.79 Å². The van der Waals surface area contributed by atoms with Crippen LogP contribution >= 0.6 is 12.4 Å². The van der Waals surface area contributed by atoms with Gasteiger partial charge in [-0.2, -0.15) is 0 Å². The quantitative estimate of drug-likeness (QED) is 0.887. The fourth-order valence-corrected chi connectivity index (χ4v) is 2.18. The molecule has 1 aromatic carbocycles. The fraction of sp³-hybridized carbons (Fsp3) is 0.500. The highest BCUT2D eigenvalue weighted by molar-refractivity contribution is 5.95. The molecule has 1 heterocycles. The molecule has 0 unspecified atom stereocenters. The third kappa shape index (κ3) is 4.28. The second-order valence-corrected chi connectivity index (χ2v) is 4.62. The molecule has 112 valence electrons. The van der Waals surface area contributed by atoms with Gasteiger partial charge in [-0.1, -0.05) is 0 Å². The maximum absolute atomic E-state index is 12.2.